The van der Waals surface area contributed by atoms with Gasteiger partial charge in [0.2, 0.25) is 0 Å². The van der Waals surface area contributed by atoms with Crippen LogP contribution in [0.1, 0.15) is 21.5 Å². The third-order valence-electron chi connectivity index (χ3n) is 1.89. The zero-order valence-corrected chi connectivity index (χ0v) is 8.78. The highest BCUT2D eigenvalue weighted by molar-refractivity contribution is 7.70. The van der Waals surface area contributed by atoms with Crippen molar-refractivity contribution < 1.29 is 19.1 Å². The normalized spacial score (nSPS) is 11.4. The minimum absolute atomic E-state index is 0.0957. The third-order valence-corrected chi connectivity index (χ3v) is 2.66. The molecule has 0 amide bonds. The summed E-state index contributed by atoms with van der Waals surface area (Å²) in [6, 6.07) is 4.93. The Morgan fingerprint density at radius 1 is 1.29 bits per heavy atom. The molecule has 1 rings (SSSR count). The molecule has 0 heterocycles. The van der Waals surface area contributed by atoms with Crippen LogP contribution in [0.25, 0.3) is 0 Å². The predicted octanol–water partition coefficient (Wildman–Crippen LogP) is 1.62. The fraction of sp³-hybridized carbons (Fsp3) is 0.222. The molecule has 0 bridgehead atoms. The van der Waals surface area contributed by atoms with Gasteiger partial charge >= 0.3 is 7.60 Å². The summed E-state index contributed by atoms with van der Waals surface area (Å²) in [4.78, 5) is 28.7. The van der Waals surface area contributed by atoms with Gasteiger partial charge in [0.1, 0.15) is 0 Å². The zero-order chi connectivity index (χ0) is 10.9. The van der Waals surface area contributed by atoms with Crippen molar-refractivity contribution >= 4 is 13.1 Å². The van der Waals surface area contributed by atoms with Gasteiger partial charge in [-0.3, -0.25) is 9.36 Å². The SMILES string of the molecule is Cc1ccc(C)c(C(=O)P(=O)(O)O)c1. The average Bonchev–Trinajstić information content (AvgIpc) is 2.06. The Morgan fingerprint density at radius 2 is 1.86 bits per heavy atom. The monoisotopic (exact) mass is 214 g/mol. The largest absolute Gasteiger partial charge is 0.396 e. The van der Waals surface area contributed by atoms with Crippen LogP contribution in [0.4, 0.5) is 0 Å². The first-order chi connectivity index (χ1) is 6.32. The summed E-state index contributed by atoms with van der Waals surface area (Å²) in [7, 11) is -4.66. The fourth-order valence-electron chi connectivity index (χ4n) is 1.12. The lowest BCUT2D eigenvalue weighted by Crippen LogP contribution is -2.02. The van der Waals surface area contributed by atoms with Crippen molar-refractivity contribution in [2.24, 2.45) is 0 Å². The van der Waals surface area contributed by atoms with E-state index in [1.807, 2.05) is 0 Å². The van der Waals surface area contributed by atoms with Crippen molar-refractivity contribution in [2.45, 2.75) is 13.8 Å². The molecule has 1 aromatic rings. The van der Waals surface area contributed by atoms with E-state index in [0.29, 0.717) is 5.56 Å². The highest BCUT2D eigenvalue weighted by Crippen LogP contribution is 2.39. The first kappa shape index (κ1) is 11.1. The molecule has 0 aliphatic carbocycles. The second kappa shape index (κ2) is 3.65. The van der Waals surface area contributed by atoms with Crippen LogP contribution < -0.4 is 0 Å². The summed E-state index contributed by atoms with van der Waals surface area (Å²) in [5.74, 6) is 0. The average molecular weight is 214 g/mol. The van der Waals surface area contributed by atoms with Gasteiger partial charge in [0.05, 0.1) is 0 Å². The molecule has 14 heavy (non-hydrogen) atoms. The van der Waals surface area contributed by atoms with Gasteiger partial charge in [-0.25, -0.2) is 0 Å². The van der Waals surface area contributed by atoms with Crippen LogP contribution >= 0.6 is 7.60 Å². The first-order valence-electron chi connectivity index (χ1n) is 4.00. The smallest absolute Gasteiger partial charge is 0.319 e. The summed E-state index contributed by atoms with van der Waals surface area (Å²) in [5.41, 5.74) is 0.355. The number of hydrogen-bond donors (Lipinski definition) is 2. The summed E-state index contributed by atoms with van der Waals surface area (Å²) in [6.07, 6.45) is 0. The molecule has 5 heteroatoms. The topological polar surface area (TPSA) is 74.6 Å². The van der Waals surface area contributed by atoms with Crippen LogP contribution in [0, 0.1) is 13.8 Å². The van der Waals surface area contributed by atoms with Crippen molar-refractivity contribution in [3.8, 4) is 0 Å². The summed E-state index contributed by atoms with van der Waals surface area (Å²) < 4.78 is 10.7. The van der Waals surface area contributed by atoms with Crippen molar-refractivity contribution in [3.05, 3.63) is 34.9 Å². The van der Waals surface area contributed by atoms with Crippen molar-refractivity contribution in [1.29, 1.82) is 0 Å². The van der Waals surface area contributed by atoms with E-state index < -0.39 is 13.1 Å². The molecule has 0 radical (unpaired) electrons. The molecular formula is C9H11O4P. The maximum Gasteiger partial charge on any atom is 0.396 e. The maximum absolute atomic E-state index is 11.3. The molecule has 0 atom stereocenters. The molecule has 0 unspecified atom stereocenters. The Kier molecular flexibility index (Phi) is 2.90. The predicted molar refractivity (Wildman–Crippen MR) is 52.3 cm³/mol. The molecule has 76 valence electrons. The van der Waals surface area contributed by atoms with E-state index in [4.69, 9.17) is 9.79 Å². The highest BCUT2D eigenvalue weighted by Gasteiger charge is 2.28. The molecular weight excluding hydrogens is 203 g/mol. The molecule has 0 aliphatic heterocycles. The maximum atomic E-state index is 11.3. The second-order valence-electron chi connectivity index (χ2n) is 3.17. The molecule has 0 spiro atoms. The molecule has 0 aromatic heterocycles. The van der Waals surface area contributed by atoms with Gasteiger partial charge in [-0.05, 0) is 25.5 Å². The Morgan fingerprint density at radius 3 is 2.36 bits per heavy atom. The lowest BCUT2D eigenvalue weighted by atomic mass is 10.1. The van der Waals surface area contributed by atoms with Crippen molar-refractivity contribution in [2.75, 3.05) is 0 Å². The van der Waals surface area contributed by atoms with E-state index >= 15 is 0 Å². The summed E-state index contributed by atoms with van der Waals surface area (Å²) >= 11 is 0. The van der Waals surface area contributed by atoms with Crippen LogP contribution in [-0.2, 0) is 4.57 Å². The Balaban J connectivity index is 3.26. The Bertz CT molecular complexity index is 419. The number of aryl methyl sites for hydroxylation is 2. The third kappa shape index (κ3) is 2.29. The van der Waals surface area contributed by atoms with Crippen molar-refractivity contribution in [3.63, 3.8) is 0 Å². The van der Waals surface area contributed by atoms with E-state index in [-0.39, 0.29) is 5.56 Å². The molecule has 2 N–H and O–H groups in total. The van der Waals surface area contributed by atoms with E-state index in [1.54, 1.807) is 26.0 Å². The highest BCUT2D eigenvalue weighted by atomic mass is 31.2. The van der Waals surface area contributed by atoms with Gasteiger partial charge < -0.3 is 9.79 Å². The van der Waals surface area contributed by atoms with Crippen LogP contribution in [0.15, 0.2) is 18.2 Å². The number of rotatable bonds is 2. The standard InChI is InChI=1S/C9H11O4P/c1-6-3-4-7(2)8(5-6)9(10)14(11,12)13/h3-5H,1-2H3,(H2,11,12,13). The van der Waals surface area contributed by atoms with Gasteiger partial charge in [0, 0.05) is 5.56 Å². The minimum Gasteiger partial charge on any atom is -0.319 e. The Hall–Kier alpha value is -0.960. The first-order valence-corrected chi connectivity index (χ1v) is 5.61. The van der Waals surface area contributed by atoms with Crippen LogP contribution in [0.3, 0.4) is 0 Å². The van der Waals surface area contributed by atoms with Gasteiger partial charge in [-0.1, -0.05) is 17.7 Å². The van der Waals surface area contributed by atoms with Gasteiger partial charge in [-0.15, -0.1) is 0 Å². The number of benzene rings is 1. The minimum atomic E-state index is -4.66. The number of carbonyl (C=O) groups is 1. The zero-order valence-electron chi connectivity index (χ0n) is 7.89. The molecule has 0 aliphatic rings. The number of carbonyl (C=O) groups excluding carboxylic acids is 1. The van der Waals surface area contributed by atoms with Crippen LogP contribution in [-0.4, -0.2) is 15.3 Å². The fourth-order valence-corrected chi connectivity index (χ4v) is 1.68. The lowest BCUT2D eigenvalue weighted by Gasteiger charge is -2.06. The Labute approximate surface area is 81.7 Å². The number of hydrogen-bond acceptors (Lipinski definition) is 2. The molecule has 0 saturated carbocycles. The quantitative estimate of drug-likeness (QED) is 0.733. The van der Waals surface area contributed by atoms with E-state index in [0.717, 1.165) is 5.56 Å². The molecule has 0 saturated heterocycles. The molecule has 0 fully saturated rings. The van der Waals surface area contributed by atoms with Crippen LogP contribution in [0.2, 0.25) is 0 Å². The molecule has 4 nitrogen and oxygen atoms in total. The molecule has 1 aromatic carbocycles. The van der Waals surface area contributed by atoms with Gasteiger partial charge in [0.25, 0.3) is 5.52 Å². The lowest BCUT2D eigenvalue weighted by molar-refractivity contribution is 0.104. The van der Waals surface area contributed by atoms with E-state index in [2.05, 4.69) is 0 Å². The van der Waals surface area contributed by atoms with Crippen LogP contribution in [0.5, 0.6) is 0 Å². The van der Waals surface area contributed by atoms with E-state index in [1.165, 1.54) is 6.07 Å². The second-order valence-corrected chi connectivity index (χ2v) is 4.66. The summed E-state index contributed by atoms with van der Waals surface area (Å²) in [6.45, 7) is 3.40. The van der Waals surface area contributed by atoms with E-state index in [9.17, 15) is 9.36 Å². The summed E-state index contributed by atoms with van der Waals surface area (Å²) in [5, 5.41) is 0. The van der Waals surface area contributed by atoms with Crippen molar-refractivity contribution in [1.82, 2.24) is 0 Å². The van der Waals surface area contributed by atoms with Gasteiger partial charge in [-0.2, -0.15) is 0 Å². The van der Waals surface area contributed by atoms with Gasteiger partial charge in [0.15, 0.2) is 0 Å².